The van der Waals surface area contributed by atoms with Gasteiger partial charge in [0.15, 0.2) is 18.9 Å². The predicted octanol–water partition coefficient (Wildman–Crippen LogP) is 17.3. The van der Waals surface area contributed by atoms with Crippen molar-refractivity contribution in [2.45, 2.75) is 401 Å². The van der Waals surface area contributed by atoms with Gasteiger partial charge in [0, 0.05) is 6.42 Å². The normalized spacial score (nSPS) is 25.5. The molecule has 3 aliphatic heterocycles. The topological polar surface area (TPSA) is 307 Å². The van der Waals surface area contributed by atoms with E-state index in [1.165, 1.54) is 154 Å². The first-order chi connectivity index (χ1) is 56.3. The molecule has 0 aromatic rings. The molecular formula is C96H159NO18. The van der Waals surface area contributed by atoms with Gasteiger partial charge < -0.3 is 89.9 Å². The van der Waals surface area contributed by atoms with E-state index in [4.69, 9.17) is 28.4 Å². The fourth-order valence-electron chi connectivity index (χ4n) is 13.9. The lowest BCUT2D eigenvalue weighted by Crippen LogP contribution is -2.66. The first-order valence-electron chi connectivity index (χ1n) is 44.9. The van der Waals surface area contributed by atoms with Crippen molar-refractivity contribution < 1.29 is 89.4 Å². The minimum absolute atomic E-state index is 0.169. The third-order valence-electron chi connectivity index (χ3n) is 21.0. The van der Waals surface area contributed by atoms with Crippen LogP contribution < -0.4 is 5.32 Å². The first-order valence-corrected chi connectivity index (χ1v) is 44.9. The van der Waals surface area contributed by atoms with E-state index < -0.39 is 131 Å². The zero-order chi connectivity index (χ0) is 83.1. The number of rotatable bonds is 70. The molecule has 3 saturated heterocycles. The van der Waals surface area contributed by atoms with Gasteiger partial charge in [0.25, 0.3) is 0 Å². The van der Waals surface area contributed by atoms with Crippen molar-refractivity contribution in [2.75, 3.05) is 26.4 Å². The Bertz CT molecular complexity index is 2750. The van der Waals surface area contributed by atoms with Crippen LogP contribution in [-0.4, -0.2) is 193 Å². The molecule has 115 heavy (non-hydrogen) atoms. The molecule has 3 rings (SSSR count). The molecule has 12 N–H and O–H groups in total. The van der Waals surface area contributed by atoms with Crippen LogP contribution in [0.5, 0.6) is 0 Å². The van der Waals surface area contributed by atoms with Crippen molar-refractivity contribution in [2.24, 2.45) is 0 Å². The molecule has 0 radical (unpaired) electrons. The van der Waals surface area contributed by atoms with Gasteiger partial charge in [-0.15, -0.1) is 0 Å². The maximum Gasteiger partial charge on any atom is 0.220 e. The van der Waals surface area contributed by atoms with E-state index in [0.717, 1.165) is 109 Å². The monoisotopic (exact) mass is 1610 g/mol. The number of allylic oxidation sites excluding steroid dienone is 27. The Morgan fingerprint density at radius 2 is 0.609 bits per heavy atom. The number of nitrogens with one attached hydrogen (secondary N) is 1. The van der Waals surface area contributed by atoms with Gasteiger partial charge in [0.05, 0.1) is 38.6 Å². The lowest BCUT2D eigenvalue weighted by Gasteiger charge is -2.48. The van der Waals surface area contributed by atoms with Crippen molar-refractivity contribution in [3.63, 3.8) is 0 Å². The predicted molar refractivity (Wildman–Crippen MR) is 465 cm³/mol. The second kappa shape index (κ2) is 73.1. The molecule has 17 unspecified atom stereocenters. The number of unbranched alkanes of at least 4 members (excludes halogenated alkanes) is 28. The summed E-state index contributed by atoms with van der Waals surface area (Å²) in [7, 11) is 0. The maximum absolute atomic E-state index is 13.5. The van der Waals surface area contributed by atoms with Crippen molar-refractivity contribution >= 4 is 5.91 Å². The smallest absolute Gasteiger partial charge is 0.220 e. The van der Waals surface area contributed by atoms with Gasteiger partial charge in [-0.25, -0.2) is 0 Å². The Morgan fingerprint density at radius 1 is 0.322 bits per heavy atom. The van der Waals surface area contributed by atoms with Crippen molar-refractivity contribution in [1.29, 1.82) is 0 Å². The number of amides is 1. The largest absolute Gasteiger partial charge is 0.394 e. The van der Waals surface area contributed by atoms with Crippen LogP contribution in [0.3, 0.4) is 0 Å². The van der Waals surface area contributed by atoms with Crippen LogP contribution in [0.2, 0.25) is 0 Å². The maximum atomic E-state index is 13.5. The molecule has 0 aliphatic carbocycles. The van der Waals surface area contributed by atoms with Gasteiger partial charge in [0.1, 0.15) is 73.2 Å². The molecular weight excluding hydrogens is 1460 g/mol. The number of ether oxygens (including phenoxy) is 6. The summed E-state index contributed by atoms with van der Waals surface area (Å²) in [6.07, 6.45) is 83.6. The number of carbonyl (C=O) groups excluding carboxylic acids is 1. The third kappa shape index (κ3) is 51.4. The standard InChI is InChI=1S/C96H159NO18/c1-3-5-7-9-11-13-15-17-19-21-23-25-27-29-31-33-35-36-37-38-39-40-41-42-44-46-48-50-52-54-56-58-60-62-64-66-68-70-72-74-84(102)97-79(80(101)73-71-69-67-65-63-61-59-57-55-53-51-49-47-45-43-34-32-30-28-26-24-22-20-18-16-14-12-10-8-6-4-2)78-110-94-90(108)87(105)92(82(76-99)112-94)115-96-91(109)88(106)93(83(77-100)113-96)114-95-89(107)86(104)85(103)81(75-98)111-95/h5,7,11,13,17,19,23,25,29,31,35-36,38-39,41-42,46,48,52,54,58,60,63-66,71,73,79-83,85-96,98-101,103-109H,3-4,6,8-10,12,14-16,18,20-22,24,26-28,30,32-34,37,40,43-45,47,49-51,53,55-57,59,61-62,67-70,72,74-78H2,1-2H3,(H,97,102)/b7-5-,13-11-,19-17-,25-23-,31-29-,36-35-,39-38-,42-41-,48-46-,54-52-,60-58-,65-63+,66-64-,73-71+. The molecule has 17 atom stereocenters. The molecule has 0 aromatic carbocycles. The lowest BCUT2D eigenvalue weighted by atomic mass is 9.96. The van der Waals surface area contributed by atoms with Gasteiger partial charge >= 0.3 is 0 Å². The van der Waals surface area contributed by atoms with Crippen LogP contribution in [0.25, 0.3) is 0 Å². The summed E-state index contributed by atoms with van der Waals surface area (Å²) in [5, 5.41) is 121. The summed E-state index contributed by atoms with van der Waals surface area (Å²) >= 11 is 0. The van der Waals surface area contributed by atoms with Crippen LogP contribution in [-0.2, 0) is 33.2 Å². The Kier molecular flexibility index (Phi) is 66.3. The van der Waals surface area contributed by atoms with Crippen LogP contribution in [0, 0.1) is 0 Å². The van der Waals surface area contributed by atoms with Gasteiger partial charge in [-0.3, -0.25) is 4.79 Å². The Hall–Kier alpha value is -4.85. The van der Waals surface area contributed by atoms with Gasteiger partial charge in [-0.1, -0.05) is 338 Å². The molecule has 0 aromatic heterocycles. The zero-order valence-electron chi connectivity index (χ0n) is 70.7. The minimum atomic E-state index is -2.00. The Labute approximate surface area is 694 Å². The fraction of sp³-hybridized carbons (Fsp3) is 0.698. The average Bonchev–Trinajstić information content (AvgIpc) is 0.779. The van der Waals surface area contributed by atoms with Crippen LogP contribution in [0.1, 0.15) is 296 Å². The van der Waals surface area contributed by atoms with E-state index in [-0.39, 0.29) is 12.3 Å². The SMILES string of the molecule is CC/C=C\C/C=C\C/C=C\C/C=C\C/C=C\C/C=C\C/C=C\C/C=C\C/C=C\C/C=C\C/C=C\C/C=C\CCCCC(=O)NC(COC1OC(CO)C(OC2OC(CO)C(OC3OC(CO)C(O)C(O)C3O)C(O)C2O)C(O)C1O)C(O)/C=C/CC/C=C/CCCCCCCCCCCCCCCCCCCCCCCCCCC. The Morgan fingerprint density at radius 3 is 0.974 bits per heavy atom. The molecule has 3 fully saturated rings. The highest BCUT2D eigenvalue weighted by Crippen LogP contribution is 2.33. The molecule has 656 valence electrons. The second-order valence-corrected chi connectivity index (χ2v) is 31.0. The highest BCUT2D eigenvalue weighted by molar-refractivity contribution is 5.76. The number of carbonyl (C=O) groups is 1. The molecule has 1 amide bonds. The van der Waals surface area contributed by atoms with Crippen LogP contribution >= 0.6 is 0 Å². The fourth-order valence-corrected chi connectivity index (χ4v) is 13.9. The summed E-state index contributed by atoms with van der Waals surface area (Å²) < 4.78 is 34.4. The quantitative estimate of drug-likeness (QED) is 0.0199. The van der Waals surface area contributed by atoms with Gasteiger partial charge in [-0.2, -0.15) is 0 Å². The van der Waals surface area contributed by atoms with E-state index in [9.17, 15) is 61.0 Å². The van der Waals surface area contributed by atoms with Crippen molar-refractivity contribution in [3.8, 4) is 0 Å². The van der Waals surface area contributed by atoms with Crippen LogP contribution in [0.4, 0.5) is 0 Å². The highest BCUT2D eigenvalue weighted by atomic mass is 16.8. The van der Waals surface area contributed by atoms with Crippen LogP contribution in [0.15, 0.2) is 170 Å². The molecule has 0 saturated carbocycles. The average molecular weight is 1620 g/mol. The van der Waals surface area contributed by atoms with E-state index in [0.29, 0.717) is 12.8 Å². The molecule has 3 aliphatic rings. The summed E-state index contributed by atoms with van der Waals surface area (Å²) in [4.78, 5) is 13.5. The number of aliphatic hydroxyl groups excluding tert-OH is 11. The van der Waals surface area contributed by atoms with Gasteiger partial charge in [-0.05, 0) is 122 Å². The molecule has 0 bridgehead atoms. The number of hydrogen-bond acceptors (Lipinski definition) is 18. The summed E-state index contributed by atoms with van der Waals surface area (Å²) in [6, 6.07) is -1.03. The lowest BCUT2D eigenvalue weighted by molar-refractivity contribution is -0.379. The summed E-state index contributed by atoms with van der Waals surface area (Å²) in [5.41, 5.74) is 0. The van der Waals surface area contributed by atoms with E-state index >= 15 is 0 Å². The molecule has 19 nitrogen and oxygen atoms in total. The highest BCUT2D eigenvalue weighted by Gasteiger charge is 2.54. The third-order valence-corrected chi connectivity index (χ3v) is 21.0. The Balaban J connectivity index is 1.37. The van der Waals surface area contributed by atoms with Gasteiger partial charge in [0.2, 0.25) is 5.91 Å². The second-order valence-electron chi connectivity index (χ2n) is 31.0. The number of hydrogen-bond donors (Lipinski definition) is 12. The minimum Gasteiger partial charge on any atom is -0.394 e. The van der Waals surface area contributed by atoms with Crippen molar-refractivity contribution in [1.82, 2.24) is 5.32 Å². The van der Waals surface area contributed by atoms with E-state index in [2.05, 4.69) is 177 Å². The molecule has 0 spiro atoms. The molecule has 3 heterocycles. The first kappa shape index (κ1) is 104. The summed E-state index contributed by atoms with van der Waals surface area (Å²) in [6.45, 7) is 1.59. The van der Waals surface area contributed by atoms with E-state index in [1.54, 1.807) is 6.08 Å². The van der Waals surface area contributed by atoms with E-state index in [1.807, 2.05) is 6.08 Å². The van der Waals surface area contributed by atoms with Crippen molar-refractivity contribution in [3.05, 3.63) is 170 Å². The zero-order valence-corrected chi connectivity index (χ0v) is 70.7. The number of aliphatic hydroxyl groups is 11. The summed E-state index contributed by atoms with van der Waals surface area (Å²) in [5.74, 6) is -0.332. The molecule has 19 heteroatoms.